The molecule has 1 N–H and O–H groups in total. The third-order valence-corrected chi connectivity index (χ3v) is 7.14. The smallest absolute Gasteiger partial charge is 0.174 e. The van der Waals surface area contributed by atoms with E-state index in [-0.39, 0.29) is 12.1 Å². The van der Waals surface area contributed by atoms with Gasteiger partial charge in [-0.25, -0.2) is 0 Å². The van der Waals surface area contributed by atoms with E-state index in [2.05, 4.69) is 44.2 Å². The minimum atomic E-state index is -0.0909. The van der Waals surface area contributed by atoms with Crippen molar-refractivity contribution in [1.29, 1.82) is 0 Å². The fourth-order valence-corrected chi connectivity index (χ4v) is 5.59. The standard InChI is InChI=1S/C26H30N4O2S/c1-31-19-13-14-23(32-2)22(17-19)30-25(24(28-26(30)33)20-11-6-7-15-27-20)21-12-8-16-29(21)18-9-4-3-5-10-18/h6-8,11-18,24-25H,3-5,9-10H2,1-2H3,(H,28,33)/t24-,25-/m1/s1. The number of pyridine rings is 1. The zero-order valence-corrected chi connectivity index (χ0v) is 19.9. The van der Waals surface area contributed by atoms with Gasteiger partial charge in [-0.05, 0) is 61.5 Å². The summed E-state index contributed by atoms with van der Waals surface area (Å²) in [6.07, 6.45) is 10.4. The number of ether oxygens (including phenoxy) is 2. The number of hydrogen-bond donors (Lipinski definition) is 1. The van der Waals surface area contributed by atoms with Crippen LogP contribution in [0.3, 0.4) is 0 Å². The molecule has 1 saturated heterocycles. The van der Waals surface area contributed by atoms with Gasteiger partial charge >= 0.3 is 0 Å². The fraction of sp³-hybridized carbons (Fsp3) is 0.385. The number of aromatic nitrogens is 2. The monoisotopic (exact) mass is 462 g/mol. The number of nitrogens with zero attached hydrogens (tertiary/aromatic N) is 3. The predicted molar refractivity (Wildman–Crippen MR) is 134 cm³/mol. The molecule has 1 aliphatic carbocycles. The third-order valence-electron chi connectivity index (χ3n) is 6.83. The maximum Gasteiger partial charge on any atom is 0.174 e. The SMILES string of the molecule is COc1ccc(OC)c(N2C(=S)N[C@H](c3ccccn3)[C@H]2c2cccn2C2CCCCC2)c1. The summed E-state index contributed by atoms with van der Waals surface area (Å²) < 4.78 is 13.8. The Morgan fingerprint density at radius 1 is 1.00 bits per heavy atom. The fourth-order valence-electron chi connectivity index (χ4n) is 5.25. The van der Waals surface area contributed by atoms with Crippen LogP contribution in [0.1, 0.15) is 61.6 Å². The van der Waals surface area contributed by atoms with Crippen LogP contribution in [0.25, 0.3) is 0 Å². The van der Waals surface area contributed by atoms with Crippen molar-refractivity contribution < 1.29 is 9.47 Å². The normalized spacial score (nSPS) is 21.2. The highest BCUT2D eigenvalue weighted by Crippen LogP contribution is 2.46. The lowest BCUT2D eigenvalue weighted by molar-refractivity contribution is 0.339. The van der Waals surface area contributed by atoms with Crippen LogP contribution in [0.4, 0.5) is 5.69 Å². The highest BCUT2D eigenvalue weighted by atomic mass is 32.1. The van der Waals surface area contributed by atoms with Gasteiger partial charge in [-0.15, -0.1) is 0 Å². The van der Waals surface area contributed by atoms with Gasteiger partial charge in [0.2, 0.25) is 0 Å². The van der Waals surface area contributed by atoms with Crippen LogP contribution in [-0.2, 0) is 0 Å². The second-order valence-electron chi connectivity index (χ2n) is 8.67. The van der Waals surface area contributed by atoms with Gasteiger partial charge in [0.25, 0.3) is 0 Å². The van der Waals surface area contributed by atoms with Crippen LogP contribution < -0.4 is 19.7 Å². The van der Waals surface area contributed by atoms with Gasteiger partial charge in [0.05, 0.1) is 31.6 Å². The molecule has 33 heavy (non-hydrogen) atoms. The molecule has 2 aromatic heterocycles. The summed E-state index contributed by atoms with van der Waals surface area (Å²) in [6.45, 7) is 0. The summed E-state index contributed by atoms with van der Waals surface area (Å²) in [4.78, 5) is 6.86. The van der Waals surface area contributed by atoms with E-state index in [0.29, 0.717) is 11.2 Å². The Bertz CT molecular complexity index is 1110. The molecule has 1 aliphatic heterocycles. The second kappa shape index (κ2) is 9.43. The molecule has 1 aromatic carbocycles. The predicted octanol–water partition coefficient (Wildman–Crippen LogP) is 5.58. The van der Waals surface area contributed by atoms with Crippen molar-refractivity contribution in [3.63, 3.8) is 0 Å². The van der Waals surface area contributed by atoms with Crippen molar-refractivity contribution in [2.45, 2.75) is 50.2 Å². The Morgan fingerprint density at radius 2 is 1.85 bits per heavy atom. The summed E-state index contributed by atoms with van der Waals surface area (Å²) in [5.41, 5.74) is 3.08. The maximum absolute atomic E-state index is 5.92. The number of rotatable bonds is 6. The van der Waals surface area contributed by atoms with Gasteiger partial charge in [-0.3, -0.25) is 4.98 Å². The van der Waals surface area contributed by atoms with Crippen molar-refractivity contribution in [3.8, 4) is 11.5 Å². The lowest BCUT2D eigenvalue weighted by Crippen LogP contribution is -2.31. The first-order valence-corrected chi connectivity index (χ1v) is 12.0. The van der Waals surface area contributed by atoms with Crippen molar-refractivity contribution in [2.75, 3.05) is 19.1 Å². The molecule has 7 heteroatoms. The van der Waals surface area contributed by atoms with Gasteiger partial charge in [-0.2, -0.15) is 0 Å². The average molecular weight is 463 g/mol. The van der Waals surface area contributed by atoms with Gasteiger partial charge in [0.1, 0.15) is 17.5 Å². The van der Waals surface area contributed by atoms with Gasteiger partial charge < -0.3 is 24.3 Å². The van der Waals surface area contributed by atoms with Crippen molar-refractivity contribution >= 4 is 23.0 Å². The van der Waals surface area contributed by atoms with E-state index in [1.54, 1.807) is 14.2 Å². The summed E-state index contributed by atoms with van der Waals surface area (Å²) in [6, 6.07) is 16.6. The Labute approximate surface area is 200 Å². The van der Waals surface area contributed by atoms with Crippen molar-refractivity contribution in [1.82, 2.24) is 14.9 Å². The molecule has 5 rings (SSSR count). The molecule has 2 aliphatic rings. The topological polar surface area (TPSA) is 51.6 Å². The number of hydrogen-bond acceptors (Lipinski definition) is 4. The first-order valence-electron chi connectivity index (χ1n) is 11.6. The average Bonchev–Trinajstić information content (AvgIpc) is 3.49. The van der Waals surface area contributed by atoms with Crippen LogP contribution in [0.2, 0.25) is 0 Å². The number of thiocarbonyl (C=S) groups is 1. The molecule has 172 valence electrons. The summed E-state index contributed by atoms with van der Waals surface area (Å²) >= 11 is 5.92. The lowest BCUT2D eigenvalue weighted by Gasteiger charge is -2.33. The molecule has 0 amide bonds. The molecule has 0 radical (unpaired) electrons. The largest absolute Gasteiger partial charge is 0.497 e. The highest BCUT2D eigenvalue weighted by molar-refractivity contribution is 7.80. The molecular weight excluding hydrogens is 432 g/mol. The quantitative estimate of drug-likeness (QED) is 0.483. The third kappa shape index (κ3) is 4.06. The van der Waals surface area contributed by atoms with Gasteiger partial charge in [-0.1, -0.05) is 25.3 Å². The number of benzene rings is 1. The van der Waals surface area contributed by atoms with Crippen LogP contribution >= 0.6 is 12.2 Å². The zero-order chi connectivity index (χ0) is 22.8. The van der Waals surface area contributed by atoms with Crippen LogP contribution in [-0.4, -0.2) is 28.9 Å². The first-order chi connectivity index (χ1) is 16.2. The molecule has 1 saturated carbocycles. The van der Waals surface area contributed by atoms with E-state index in [1.807, 2.05) is 36.5 Å². The van der Waals surface area contributed by atoms with E-state index < -0.39 is 0 Å². The molecular formula is C26H30N4O2S. The minimum Gasteiger partial charge on any atom is -0.497 e. The Balaban J connectivity index is 1.65. The molecule has 2 atom stereocenters. The van der Waals surface area contributed by atoms with E-state index >= 15 is 0 Å². The van der Waals surface area contributed by atoms with Crippen molar-refractivity contribution in [3.05, 3.63) is 72.3 Å². The molecule has 0 spiro atoms. The Hall–Kier alpha value is -3.06. The highest BCUT2D eigenvalue weighted by Gasteiger charge is 2.43. The number of nitrogens with one attached hydrogen (secondary N) is 1. The molecule has 3 aromatic rings. The van der Waals surface area contributed by atoms with Crippen molar-refractivity contribution in [2.24, 2.45) is 0 Å². The van der Waals surface area contributed by atoms with E-state index in [4.69, 9.17) is 21.7 Å². The van der Waals surface area contributed by atoms with E-state index in [9.17, 15) is 0 Å². The van der Waals surface area contributed by atoms with Crippen LogP contribution in [0.15, 0.2) is 60.9 Å². The maximum atomic E-state index is 5.92. The molecule has 3 heterocycles. The molecule has 6 nitrogen and oxygen atoms in total. The summed E-state index contributed by atoms with van der Waals surface area (Å²) in [5.74, 6) is 1.51. The van der Waals surface area contributed by atoms with E-state index in [1.165, 1.54) is 37.8 Å². The summed E-state index contributed by atoms with van der Waals surface area (Å²) in [7, 11) is 3.36. The van der Waals surface area contributed by atoms with Gasteiger partial charge in [0.15, 0.2) is 5.11 Å². The Morgan fingerprint density at radius 3 is 2.58 bits per heavy atom. The lowest BCUT2D eigenvalue weighted by atomic mass is 9.94. The van der Waals surface area contributed by atoms with Crippen LogP contribution in [0.5, 0.6) is 11.5 Å². The first kappa shape index (κ1) is 21.8. The number of anilines is 1. The zero-order valence-electron chi connectivity index (χ0n) is 19.1. The molecule has 0 unspecified atom stereocenters. The summed E-state index contributed by atoms with van der Waals surface area (Å²) in [5, 5.41) is 4.21. The second-order valence-corrected chi connectivity index (χ2v) is 9.05. The Kier molecular flexibility index (Phi) is 6.22. The van der Waals surface area contributed by atoms with Crippen LogP contribution in [0, 0.1) is 0 Å². The van der Waals surface area contributed by atoms with Gasteiger partial charge in [0, 0.05) is 30.2 Å². The minimum absolute atomic E-state index is 0.0784. The molecule has 2 fully saturated rings. The number of methoxy groups -OCH3 is 2. The molecule has 0 bridgehead atoms. The van der Waals surface area contributed by atoms with E-state index in [0.717, 1.165) is 22.9 Å².